The lowest BCUT2D eigenvalue weighted by atomic mass is 10.0. The molecule has 0 radical (unpaired) electrons. The van der Waals surface area contributed by atoms with Crippen LogP contribution < -0.4 is 5.32 Å². The van der Waals surface area contributed by atoms with Gasteiger partial charge in [0, 0.05) is 18.5 Å². The Morgan fingerprint density at radius 2 is 1.91 bits per heavy atom. The van der Waals surface area contributed by atoms with E-state index >= 15 is 0 Å². The summed E-state index contributed by atoms with van der Waals surface area (Å²) in [6.07, 6.45) is 0.730. The van der Waals surface area contributed by atoms with Crippen molar-refractivity contribution in [3.05, 3.63) is 59.4 Å². The number of Topliss-reactive ketones (excluding diaryl/α,β-unsaturated/α-hetero) is 1. The van der Waals surface area contributed by atoms with Crippen LogP contribution in [0, 0.1) is 17.6 Å². The number of hydrogen-bond acceptors (Lipinski definition) is 6. The maximum Gasteiger partial charge on any atom is 0.305 e. The first-order valence-corrected chi connectivity index (χ1v) is 9.99. The van der Waals surface area contributed by atoms with Gasteiger partial charge in [-0.1, -0.05) is 32.0 Å². The standard InChI is InChI=1S/C22H23F2N5O3/c1-12(2)17(9-20(31)32)26-21-16(24)10-25-22(27-21)18-8-19(13(3)30)29(28-18)11-14-6-4-5-7-15(14)23/h4-8,10,12,17H,9,11H2,1-3H3,(H,31,32)(H,25,26,27). The van der Waals surface area contributed by atoms with Crippen molar-refractivity contribution in [3.63, 3.8) is 0 Å². The first-order valence-electron chi connectivity index (χ1n) is 9.99. The molecule has 10 heteroatoms. The number of carbonyl (C=O) groups excluding carboxylic acids is 1. The zero-order valence-corrected chi connectivity index (χ0v) is 17.8. The second-order valence-corrected chi connectivity index (χ2v) is 7.70. The summed E-state index contributed by atoms with van der Waals surface area (Å²) in [6, 6.07) is 7.05. The van der Waals surface area contributed by atoms with Crippen molar-refractivity contribution in [1.82, 2.24) is 19.7 Å². The summed E-state index contributed by atoms with van der Waals surface area (Å²) < 4.78 is 29.7. The fourth-order valence-electron chi connectivity index (χ4n) is 3.13. The highest BCUT2D eigenvalue weighted by Gasteiger charge is 2.21. The van der Waals surface area contributed by atoms with E-state index in [4.69, 9.17) is 5.11 Å². The van der Waals surface area contributed by atoms with Crippen molar-refractivity contribution in [2.75, 3.05) is 5.32 Å². The molecule has 1 atom stereocenters. The maximum absolute atomic E-state index is 14.3. The highest BCUT2D eigenvalue weighted by atomic mass is 19.1. The molecule has 0 saturated carbocycles. The van der Waals surface area contributed by atoms with E-state index in [0.29, 0.717) is 5.56 Å². The predicted molar refractivity (Wildman–Crippen MR) is 113 cm³/mol. The topological polar surface area (TPSA) is 110 Å². The van der Waals surface area contributed by atoms with Crippen LogP contribution in [0.25, 0.3) is 11.5 Å². The molecular weight excluding hydrogens is 420 g/mol. The molecule has 3 aromatic rings. The van der Waals surface area contributed by atoms with E-state index in [1.54, 1.807) is 18.2 Å². The van der Waals surface area contributed by atoms with E-state index in [9.17, 15) is 18.4 Å². The average molecular weight is 443 g/mol. The van der Waals surface area contributed by atoms with Crippen molar-refractivity contribution in [2.45, 2.75) is 39.8 Å². The van der Waals surface area contributed by atoms with E-state index in [1.807, 2.05) is 13.8 Å². The molecule has 32 heavy (non-hydrogen) atoms. The molecule has 0 saturated heterocycles. The largest absolute Gasteiger partial charge is 0.481 e. The number of nitrogens with one attached hydrogen (secondary N) is 1. The third kappa shape index (κ3) is 5.32. The van der Waals surface area contributed by atoms with E-state index in [2.05, 4.69) is 20.4 Å². The van der Waals surface area contributed by atoms with Gasteiger partial charge < -0.3 is 10.4 Å². The molecular formula is C22H23F2N5O3. The molecule has 0 aliphatic rings. The van der Waals surface area contributed by atoms with Crippen LogP contribution in [0.1, 0.15) is 43.2 Å². The molecule has 0 fully saturated rings. The van der Waals surface area contributed by atoms with Gasteiger partial charge >= 0.3 is 5.97 Å². The average Bonchev–Trinajstić information content (AvgIpc) is 3.14. The molecule has 0 spiro atoms. The molecule has 2 N–H and O–H groups in total. The molecule has 0 aliphatic carbocycles. The molecule has 0 bridgehead atoms. The van der Waals surface area contributed by atoms with Crippen molar-refractivity contribution in [2.24, 2.45) is 5.92 Å². The van der Waals surface area contributed by atoms with Crippen LogP contribution in [0.2, 0.25) is 0 Å². The van der Waals surface area contributed by atoms with Crippen LogP contribution in [0.3, 0.4) is 0 Å². The van der Waals surface area contributed by atoms with Gasteiger partial charge in [-0.05, 0) is 18.1 Å². The number of rotatable bonds is 9. The van der Waals surface area contributed by atoms with Gasteiger partial charge in [0.15, 0.2) is 23.2 Å². The summed E-state index contributed by atoms with van der Waals surface area (Å²) in [6.45, 7) is 4.99. The second kappa shape index (κ2) is 9.63. The highest BCUT2D eigenvalue weighted by Crippen LogP contribution is 2.22. The number of hydrogen-bond donors (Lipinski definition) is 2. The summed E-state index contributed by atoms with van der Waals surface area (Å²) in [4.78, 5) is 31.3. The molecule has 168 valence electrons. The SMILES string of the molecule is CC(=O)c1cc(-c2ncc(F)c(NC(CC(=O)O)C(C)C)n2)nn1Cc1ccccc1F. The van der Waals surface area contributed by atoms with Crippen LogP contribution >= 0.6 is 0 Å². The monoisotopic (exact) mass is 443 g/mol. The number of benzene rings is 1. The van der Waals surface area contributed by atoms with Crippen LogP contribution in [0.5, 0.6) is 0 Å². The number of nitrogens with zero attached hydrogens (tertiary/aromatic N) is 4. The third-order valence-electron chi connectivity index (χ3n) is 4.91. The molecule has 0 amide bonds. The lowest BCUT2D eigenvalue weighted by Gasteiger charge is -2.21. The smallest absolute Gasteiger partial charge is 0.305 e. The van der Waals surface area contributed by atoms with Crippen molar-refractivity contribution in [1.29, 1.82) is 0 Å². The van der Waals surface area contributed by atoms with Gasteiger partial charge in [-0.15, -0.1) is 0 Å². The van der Waals surface area contributed by atoms with Crippen molar-refractivity contribution >= 4 is 17.6 Å². The Kier molecular flexibility index (Phi) is 6.92. The van der Waals surface area contributed by atoms with Gasteiger partial charge in [-0.3, -0.25) is 14.3 Å². The molecule has 2 heterocycles. The maximum atomic E-state index is 14.3. The minimum Gasteiger partial charge on any atom is -0.481 e. The quantitative estimate of drug-likeness (QED) is 0.484. The summed E-state index contributed by atoms with van der Waals surface area (Å²) in [5.74, 6) is -2.72. The Hall–Kier alpha value is -3.69. The lowest BCUT2D eigenvalue weighted by molar-refractivity contribution is -0.137. The van der Waals surface area contributed by atoms with Crippen LogP contribution in [-0.2, 0) is 11.3 Å². The Bertz CT molecular complexity index is 1150. The Labute approximate surface area is 183 Å². The number of carbonyl (C=O) groups is 2. The van der Waals surface area contributed by atoms with Gasteiger partial charge in [0.05, 0.1) is 19.2 Å². The van der Waals surface area contributed by atoms with Crippen LogP contribution in [0.15, 0.2) is 36.5 Å². The number of aliphatic carboxylic acids is 1. The molecule has 1 unspecified atom stereocenters. The van der Waals surface area contributed by atoms with Gasteiger partial charge in [-0.25, -0.2) is 18.7 Å². The van der Waals surface area contributed by atoms with Gasteiger partial charge in [0.2, 0.25) is 0 Å². The van der Waals surface area contributed by atoms with Crippen LogP contribution in [0.4, 0.5) is 14.6 Å². The normalized spacial score (nSPS) is 12.1. The number of aromatic nitrogens is 4. The second-order valence-electron chi connectivity index (χ2n) is 7.70. The number of carboxylic acids is 1. The fraction of sp³-hybridized carbons (Fsp3) is 0.318. The van der Waals surface area contributed by atoms with Gasteiger partial charge in [-0.2, -0.15) is 5.10 Å². The first-order chi connectivity index (χ1) is 15.2. The number of anilines is 1. The summed E-state index contributed by atoms with van der Waals surface area (Å²) in [5.41, 5.74) is 0.769. The van der Waals surface area contributed by atoms with Crippen molar-refractivity contribution in [3.8, 4) is 11.5 Å². The summed E-state index contributed by atoms with van der Waals surface area (Å²) >= 11 is 0. The Morgan fingerprint density at radius 1 is 1.19 bits per heavy atom. The molecule has 2 aromatic heterocycles. The van der Waals surface area contributed by atoms with Gasteiger partial charge in [0.25, 0.3) is 0 Å². The molecule has 1 aromatic carbocycles. The highest BCUT2D eigenvalue weighted by molar-refractivity contribution is 5.93. The Morgan fingerprint density at radius 3 is 2.53 bits per heavy atom. The van der Waals surface area contributed by atoms with E-state index < -0.39 is 23.6 Å². The number of carboxylic acid groups (broad SMARTS) is 1. The van der Waals surface area contributed by atoms with E-state index in [1.165, 1.54) is 23.7 Å². The van der Waals surface area contributed by atoms with Crippen molar-refractivity contribution < 1.29 is 23.5 Å². The Balaban J connectivity index is 1.96. The molecule has 3 rings (SSSR count). The predicted octanol–water partition coefficient (Wildman–Crippen LogP) is 3.78. The molecule has 0 aliphatic heterocycles. The summed E-state index contributed by atoms with van der Waals surface area (Å²) in [7, 11) is 0. The van der Waals surface area contributed by atoms with Crippen LogP contribution in [-0.4, -0.2) is 42.6 Å². The minimum absolute atomic E-state index is 0.0158. The number of halogens is 2. The number of ketones is 1. The first kappa shape index (κ1) is 23.0. The van der Waals surface area contributed by atoms with E-state index in [-0.39, 0.29) is 47.7 Å². The van der Waals surface area contributed by atoms with E-state index in [0.717, 1.165) is 6.20 Å². The summed E-state index contributed by atoms with van der Waals surface area (Å²) in [5, 5.41) is 16.3. The zero-order valence-electron chi connectivity index (χ0n) is 17.8. The zero-order chi connectivity index (χ0) is 23.4. The fourth-order valence-corrected chi connectivity index (χ4v) is 3.13. The van der Waals surface area contributed by atoms with Gasteiger partial charge in [0.1, 0.15) is 17.2 Å². The third-order valence-corrected chi connectivity index (χ3v) is 4.91. The lowest BCUT2D eigenvalue weighted by Crippen LogP contribution is -2.29. The minimum atomic E-state index is -1.02. The molecule has 8 nitrogen and oxygen atoms in total.